The molecule has 0 bridgehead atoms. The number of nitrogens with zero attached hydrogens (tertiary/aromatic N) is 4. The van der Waals surface area contributed by atoms with Crippen LogP contribution in [-0.4, -0.2) is 44.6 Å². The van der Waals surface area contributed by atoms with Crippen molar-refractivity contribution in [2.45, 2.75) is 72.0 Å². The van der Waals surface area contributed by atoms with Crippen LogP contribution in [0.4, 0.5) is 15.4 Å². The minimum atomic E-state index is -0.987. The summed E-state index contributed by atoms with van der Waals surface area (Å²) in [6.45, 7) is 13.8. The summed E-state index contributed by atoms with van der Waals surface area (Å²) in [5.74, 6) is 2.22. The molecule has 0 radical (unpaired) electrons. The number of carbonyl (C=O) groups excluding carboxylic acids is 2. The van der Waals surface area contributed by atoms with Crippen LogP contribution in [0.2, 0.25) is 0 Å². The number of anilines is 1. The lowest BCUT2D eigenvalue weighted by Gasteiger charge is -2.28. The Hall–Kier alpha value is -3.80. The van der Waals surface area contributed by atoms with Gasteiger partial charge in [0.2, 0.25) is 0 Å². The van der Waals surface area contributed by atoms with Gasteiger partial charge < -0.3 is 14.9 Å². The van der Waals surface area contributed by atoms with Gasteiger partial charge in [-0.05, 0) is 73.4 Å². The van der Waals surface area contributed by atoms with E-state index in [4.69, 9.17) is 21.3 Å². The van der Waals surface area contributed by atoms with Crippen LogP contribution in [0.5, 0.6) is 0 Å². The Labute approximate surface area is 200 Å². The first-order valence-corrected chi connectivity index (χ1v) is 10.7. The normalized spacial score (nSPS) is 11.9. The number of rotatable bonds is 4. The zero-order valence-corrected chi connectivity index (χ0v) is 20.9. The Morgan fingerprint density at radius 3 is 2.06 bits per heavy atom. The second kappa shape index (κ2) is 9.59. The number of nitrogens with one attached hydrogen (secondary N) is 1. The van der Waals surface area contributed by atoms with Gasteiger partial charge in [-0.15, -0.1) is 6.42 Å². The summed E-state index contributed by atoms with van der Waals surface area (Å²) >= 11 is 0. The Kier molecular flexibility index (Phi) is 7.46. The van der Waals surface area contributed by atoms with Gasteiger partial charge in [-0.3, -0.25) is 4.98 Å². The maximum absolute atomic E-state index is 12.9. The van der Waals surface area contributed by atoms with Crippen molar-refractivity contribution < 1.29 is 19.1 Å². The highest BCUT2D eigenvalue weighted by atomic mass is 16.6. The molecule has 2 rings (SSSR count). The van der Waals surface area contributed by atoms with Gasteiger partial charge in [-0.25, -0.2) is 19.6 Å². The highest BCUT2D eigenvalue weighted by Gasteiger charge is 2.35. The van der Waals surface area contributed by atoms with E-state index in [1.165, 1.54) is 12.4 Å². The first-order chi connectivity index (χ1) is 15.6. The van der Waals surface area contributed by atoms with E-state index in [1.54, 1.807) is 59.9 Å². The summed E-state index contributed by atoms with van der Waals surface area (Å²) in [4.78, 5) is 39.6. The molecule has 0 spiro atoms. The van der Waals surface area contributed by atoms with Crippen LogP contribution in [0.1, 0.15) is 66.8 Å². The molecule has 0 aliphatic rings. The van der Waals surface area contributed by atoms with Gasteiger partial charge in [0, 0.05) is 23.4 Å². The number of amides is 2. The molecular formula is C25H31N5O4. The molecule has 0 unspecified atom stereocenters. The SMILES string of the molecule is C#Cc1nc(-c2ccnc(C(C)(C)C=N)c2)cnc1N(C(=O)OC(C)(C)C)C(=O)OC(C)(C)C. The molecule has 2 aromatic rings. The lowest BCUT2D eigenvalue weighted by atomic mass is 9.89. The van der Waals surface area contributed by atoms with Gasteiger partial charge in [0.25, 0.3) is 0 Å². The molecule has 0 aliphatic heterocycles. The van der Waals surface area contributed by atoms with Gasteiger partial charge in [0.15, 0.2) is 11.5 Å². The number of imide groups is 1. The van der Waals surface area contributed by atoms with E-state index >= 15 is 0 Å². The van der Waals surface area contributed by atoms with Gasteiger partial charge >= 0.3 is 12.2 Å². The van der Waals surface area contributed by atoms with E-state index in [9.17, 15) is 9.59 Å². The standard InChI is InChI=1S/C25H31N5O4/c1-10-17-20(30(21(31)33-23(2,3)4)22(32)34-24(5,6)7)28-14-18(29-17)16-11-12-27-19(13-16)25(8,9)15-26/h1,11-15,26H,2-9H3. The molecule has 180 valence electrons. The Balaban J connectivity index is 2.59. The maximum Gasteiger partial charge on any atom is 0.425 e. The summed E-state index contributed by atoms with van der Waals surface area (Å²) in [5, 5.41) is 7.65. The largest absolute Gasteiger partial charge is 0.443 e. The first-order valence-electron chi connectivity index (χ1n) is 10.7. The fourth-order valence-electron chi connectivity index (χ4n) is 2.66. The Bertz CT molecular complexity index is 1110. The molecule has 0 fully saturated rings. The van der Waals surface area contributed by atoms with Crippen LogP contribution in [-0.2, 0) is 14.9 Å². The zero-order valence-electron chi connectivity index (χ0n) is 20.9. The molecule has 9 nitrogen and oxygen atoms in total. The summed E-state index contributed by atoms with van der Waals surface area (Å²) in [7, 11) is 0. The summed E-state index contributed by atoms with van der Waals surface area (Å²) in [5.41, 5.74) is -0.642. The van der Waals surface area contributed by atoms with Gasteiger partial charge in [0.05, 0.1) is 17.6 Å². The van der Waals surface area contributed by atoms with E-state index in [0.29, 0.717) is 21.9 Å². The molecule has 1 N–H and O–H groups in total. The molecule has 0 atom stereocenters. The predicted molar refractivity (Wildman–Crippen MR) is 130 cm³/mol. The number of carbonyl (C=O) groups is 2. The Morgan fingerprint density at radius 2 is 1.59 bits per heavy atom. The minimum Gasteiger partial charge on any atom is -0.443 e. The third-order valence-electron chi connectivity index (χ3n) is 4.33. The average molecular weight is 466 g/mol. The van der Waals surface area contributed by atoms with Crippen molar-refractivity contribution >= 4 is 24.2 Å². The van der Waals surface area contributed by atoms with E-state index in [2.05, 4.69) is 20.9 Å². The number of terminal acetylenes is 1. The smallest absolute Gasteiger partial charge is 0.425 e. The monoisotopic (exact) mass is 465 g/mol. The molecule has 0 aliphatic carbocycles. The average Bonchev–Trinajstić information content (AvgIpc) is 2.71. The van der Waals surface area contributed by atoms with Crippen molar-refractivity contribution in [3.63, 3.8) is 0 Å². The number of pyridine rings is 1. The van der Waals surface area contributed by atoms with Gasteiger partial charge in [-0.2, -0.15) is 4.90 Å². The molecule has 0 saturated heterocycles. The quantitative estimate of drug-likeness (QED) is 0.491. The van der Waals surface area contributed by atoms with E-state index in [1.807, 2.05) is 13.8 Å². The van der Waals surface area contributed by atoms with Crippen LogP contribution >= 0.6 is 0 Å². The van der Waals surface area contributed by atoms with Crippen molar-refractivity contribution in [2.24, 2.45) is 0 Å². The van der Waals surface area contributed by atoms with Crippen LogP contribution in [0.3, 0.4) is 0 Å². The highest BCUT2D eigenvalue weighted by molar-refractivity contribution is 6.09. The van der Waals surface area contributed by atoms with Crippen molar-refractivity contribution in [2.75, 3.05) is 4.90 Å². The number of aromatic nitrogens is 3. The lowest BCUT2D eigenvalue weighted by molar-refractivity contribution is 0.0428. The predicted octanol–water partition coefficient (Wildman–Crippen LogP) is 5.12. The number of hydrogen-bond donors (Lipinski definition) is 1. The van der Waals surface area contributed by atoms with Crippen molar-refractivity contribution in [3.8, 4) is 23.6 Å². The van der Waals surface area contributed by atoms with Crippen molar-refractivity contribution in [3.05, 3.63) is 35.9 Å². The molecular weight excluding hydrogens is 434 g/mol. The Morgan fingerprint density at radius 1 is 1.03 bits per heavy atom. The fourth-order valence-corrected chi connectivity index (χ4v) is 2.66. The lowest BCUT2D eigenvalue weighted by Crippen LogP contribution is -2.44. The summed E-state index contributed by atoms with van der Waals surface area (Å²) in [6.07, 6.45) is 8.02. The third kappa shape index (κ3) is 6.61. The molecule has 0 saturated carbocycles. The highest BCUT2D eigenvalue weighted by Crippen LogP contribution is 2.27. The summed E-state index contributed by atoms with van der Waals surface area (Å²) < 4.78 is 10.8. The van der Waals surface area contributed by atoms with Gasteiger partial charge in [-0.1, -0.05) is 0 Å². The second-order valence-electron chi connectivity index (χ2n) is 10.2. The second-order valence-corrected chi connectivity index (χ2v) is 10.2. The van der Waals surface area contributed by atoms with Crippen LogP contribution in [0.15, 0.2) is 24.5 Å². The van der Waals surface area contributed by atoms with E-state index < -0.39 is 28.8 Å². The maximum atomic E-state index is 12.9. The van der Waals surface area contributed by atoms with Crippen molar-refractivity contribution in [1.29, 1.82) is 5.41 Å². The molecule has 2 heterocycles. The van der Waals surface area contributed by atoms with E-state index in [-0.39, 0.29) is 11.5 Å². The minimum absolute atomic E-state index is 0.0427. The molecule has 9 heteroatoms. The summed E-state index contributed by atoms with van der Waals surface area (Å²) in [6, 6.07) is 3.52. The van der Waals surface area contributed by atoms with Crippen LogP contribution < -0.4 is 4.90 Å². The molecule has 2 aromatic heterocycles. The number of ether oxygens (including phenoxy) is 2. The topological polar surface area (TPSA) is 118 Å². The van der Waals surface area contributed by atoms with E-state index in [0.717, 1.165) is 0 Å². The van der Waals surface area contributed by atoms with Crippen LogP contribution in [0.25, 0.3) is 11.3 Å². The third-order valence-corrected chi connectivity index (χ3v) is 4.33. The fraction of sp³-hybridized carbons (Fsp3) is 0.440. The van der Waals surface area contributed by atoms with Crippen molar-refractivity contribution in [1.82, 2.24) is 15.0 Å². The van der Waals surface area contributed by atoms with Crippen LogP contribution in [0, 0.1) is 17.8 Å². The first kappa shape index (κ1) is 26.5. The molecule has 2 amide bonds. The molecule has 0 aromatic carbocycles. The van der Waals surface area contributed by atoms with Gasteiger partial charge in [0.1, 0.15) is 11.2 Å². The number of hydrogen-bond acceptors (Lipinski definition) is 8. The molecule has 34 heavy (non-hydrogen) atoms. The zero-order chi connectivity index (χ0) is 25.9.